The normalized spacial score (nSPS) is 10.8. The largest absolute Gasteiger partial charge is 0.497 e. The smallest absolute Gasteiger partial charge is 0.197 e. The minimum absolute atomic E-state index is 0.0526. The monoisotopic (exact) mass is 347 g/mol. The number of carbonyl (C=O) groups is 1. The summed E-state index contributed by atoms with van der Waals surface area (Å²) in [5, 5.41) is 0.624. The van der Waals surface area contributed by atoms with Gasteiger partial charge in [0.15, 0.2) is 5.78 Å². The second-order valence-corrected chi connectivity index (χ2v) is 5.70. The number of methoxy groups -OCH3 is 1. The molecule has 4 rings (SSSR count). The molecule has 0 radical (unpaired) electrons. The molecule has 4 aromatic rings. The van der Waals surface area contributed by atoms with Gasteiger partial charge in [0, 0.05) is 46.9 Å². The van der Waals surface area contributed by atoms with Gasteiger partial charge < -0.3 is 9.72 Å². The van der Waals surface area contributed by atoms with Crippen LogP contribution in [0.15, 0.2) is 61.2 Å². The predicted octanol–water partition coefficient (Wildman–Crippen LogP) is 4.00. The van der Waals surface area contributed by atoms with Gasteiger partial charge in [-0.3, -0.25) is 9.78 Å². The molecule has 0 aliphatic heterocycles. The van der Waals surface area contributed by atoms with Gasteiger partial charge in [-0.2, -0.15) is 0 Å². The van der Waals surface area contributed by atoms with Crippen LogP contribution in [0.4, 0.5) is 4.39 Å². The zero-order chi connectivity index (χ0) is 18.1. The fraction of sp³-hybridized carbons (Fsp3) is 0.0500. The Hall–Kier alpha value is -3.54. The average Bonchev–Trinajstić information content (AvgIpc) is 3.16. The number of fused-ring (bicyclic) bond motifs is 1. The van der Waals surface area contributed by atoms with E-state index in [0.717, 1.165) is 5.56 Å². The van der Waals surface area contributed by atoms with Crippen molar-refractivity contribution in [2.75, 3.05) is 7.11 Å². The van der Waals surface area contributed by atoms with E-state index >= 15 is 0 Å². The van der Waals surface area contributed by atoms with E-state index in [0.29, 0.717) is 27.9 Å². The first-order valence-corrected chi connectivity index (χ1v) is 7.94. The Morgan fingerprint density at radius 3 is 2.85 bits per heavy atom. The minimum Gasteiger partial charge on any atom is -0.497 e. The number of hydrogen-bond donors (Lipinski definition) is 1. The Bertz CT molecular complexity index is 1110. The Morgan fingerprint density at radius 1 is 1.19 bits per heavy atom. The summed E-state index contributed by atoms with van der Waals surface area (Å²) in [5.74, 6) is -0.627. The van der Waals surface area contributed by atoms with Gasteiger partial charge in [0.25, 0.3) is 0 Å². The number of carbonyl (C=O) groups excluding carboxylic acids is 1. The molecule has 0 saturated heterocycles. The van der Waals surface area contributed by atoms with E-state index in [1.54, 1.807) is 36.9 Å². The summed E-state index contributed by atoms with van der Waals surface area (Å²) >= 11 is 0. The van der Waals surface area contributed by atoms with E-state index in [1.165, 1.54) is 25.3 Å². The molecule has 0 aliphatic rings. The van der Waals surface area contributed by atoms with Crippen molar-refractivity contribution < 1.29 is 13.9 Å². The SMILES string of the molecule is COc1ccc(F)c(C(=O)c2c(-c3cccnc3)cnc3[nH]ccc23)c1. The van der Waals surface area contributed by atoms with Gasteiger partial charge in [-0.1, -0.05) is 6.07 Å². The number of aromatic nitrogens is 3. The number of rotatable bonds is 4. The molecule has 26 heavy (non-hydrogen) atoms. The molecule has 0 bridgehead atoms. The van der Waals surface area contributed by atoms with Gasteiger partial charge in [-0.25, -0.2) is 9.37 Å². The molecule has 0 fully saturated rings. The van der Waals surface area contributed by atoms with Crippen LogP contribution >= 0.6 is 0 Å². The number of aromatic amines is 1. The molecule has 0 atom stereocenters. The van der Waals surface area contributed by atoms with Crippen molar-refractivity contribution in [3.63, 3.8) is 0 Å². The standard InChI is InChI=1S/C20H14FN3O2/c1-26-13-4-5-17(21)15(9-13)19(25)18-14-6-8-23-20(14)24-11-16(18)12-3-2-7-22-10-12/h2-11H,1H3,(H,23,24). The van der Waals surface area contributed by atoms with Crippen LogP contribution in [0.25, 0.3) is 22.2 Å². The first-order valence-electron chi connectivity index (χ1n) is 7.94. The highest BCUT2D eigenvalue weighted by atomic mass is 19.1. The van der Waals surface area contributed by atoms with Gasteiger partial charge in [-0.15, -0.1) is 0 Å². The van der Waals surface area contributed by atoms with Crippen LogP contribution in [0.2, 0.25) is 0 Å². The third-order valence-electron chi connectivity index (χ3n) is 4.20. The maximum atomic E-state index is 14.4. The molecule has 0 amide bonds. The Morgan fingerprint density at radius 2 is 2.08 bits per heavy atom. The predicted molar refractivity (Wildman–Crippen MR) is 95.7 cm³/mol. The fourth-order valence-electron chi connectivity index (χ4n) is 2.93. The van der Waals surface area contributed by atoms with Crippen LogP contribution in [0.5, 0.6) is 5.75 Å². The van der Waals surface area contributed by atoms with Gasteiger partial charge in [0.1, 0.15) is 17.2 Å². The molecule has 1 N–H and O–H groups in total. The number of hydrogen-bond acceptors (Lipinski definition) is 4. The van der Waals surface area contributed by atoms with Crippen molar-refractivity contribution >= 4 is 16.8 Å². The molecular formula is C20H14FN3O2. The lowest BCUT2D eigenvalue weighted by atomic mass is 9.93. The Kier molecular flexibility index (Phi) is 3.93. The number of benzene rings is 1. The zero-order valence-corrected chi connectivity index (χ0v) is 13.9. The average molecular weight is 347 g/mol. The number of nitrogens with zero attached hydrogens (tertiary/aromatic N) is 2. The third kappa shape index (κ3) is 2.61. The van der Waals surface area contributed by atoms with Gasteiger partial charge >= 0.3 is 0 Å². The van der Waals surface area contributed by atoms with Crippen LogP contribution in [0.1, 0.15) is 15.9 Å². The molecule has 128 valence electrons. The zero-order valence-electron chi connectivity index (χ0n) is 13.9. The van der Waals surface area contributed by atoms with Gasteiger partial charge in [0.2, 0.25) is 0 Å². The van der Waals surface area contributed by atoms with Gasteiger partial charge in [0.05, 0.1) is 12.7 Å². The molecule has 0 aliphatic carbocycles. The van der Waals surface area contributed by atoms with E-state index in [9.17, 15) is 9.18 Å². The number of nitrogens with one attached hydrogen (secondary N) is 1. The number of halogens is 1. The summed E-state index contributed by atoms with van der Waals surface area (Å²) in [6.45, 7) is 0. The molecular weight excluding hydrogens is 333 g/mol. The third-order valence-corrected chi connectivity index (χ3v) is 4.20. The lowest BCUT2D eigenvalue weighted by Crippen LogP contribution is -2.08. The van der Waals surface area contributed by atoms with Crippen molar-refractivity contribution in [1.29, 1.82) is 0 Å². The summed E-state index contributed by atoms with van der Waals surface area (Å²) in [5.41, 5.74) is 2.20. The molecule has 0 spiro atoms. The lowest BCUT2D eigenvalue weighted by molar-refractivity contribution is 0.103. The molecule has 0 saturated carbocycles. The molecule has 3 heterocycles. The van der Waals surface area contributed by atoms with E-state index in [-0.39, 0.29) is 5.56 Å². The fourth-order valence-corrected chi connectivity index (χ4v) is 2.93. The quantitative estimate of drug-likeness (QED) is 0.567. The van der Waals surface area contributed by atoms with Crippen LogP contribution in [0, 0.1) is 5.82 Å². The van der Waals surface area contributed by atoms with E-state index < -0.39 is 11.6 Å². The lowest BCUT2D eigenvalue weighted by Gasteiger charge is -2.11. The molecule has 0 unspecified atom stereocenters. The summed E-state index contributed by atoms with van der Waals surface area (Å²) in [4.78, 5) is 24.7. The maximum Gasteiger partial charge on any atom is 0.197 e. The summed E-state index contributed by atoms with van der Waals surface area (Å²) < 4.78 is 19.5. The Labute approximate surface area is 148 Å². The molecule has 6 heteroatoms. The van der Waals surface area contributed by atoms with E-state index in [4.69, 9.17) is 4.74 Å². The first kappa shape index (κ1) is 16.0. The highest BCUT2D eigenvalue weighted by Crippen LogP contribution is 2.31. The highest BCUT2D eigenvalue weighted by molar-refractivity contribution is 6.19. The van der Waals surface area contributed by atoms with Crippen molar-refractivity contribution in [3.8, 4) is 16.9 Å². The van der Waals surface area contributed by atoms with Crippen molar-refractivity contribution in [2.24, 2.45) is 0 Å². The van der Waals surface area contributed by atoms with E-state index in [1.807, 2.05) is 6.07 Å². The first-order chi connectivity index (χ1) is 12.7. The second kappa shape index (κ2) is 6.40. The number of pyridine rings is 2. The summed E-state index contributed by atoms with van der Waals surface area (Å²) in [6, 6.07) is 9.48. The maximum absolute atomic E-state index is 14.4. The molecule has 3 aromatic heterocycles. The van der Waals surface area contributed by atoms with Crippen molar-refractivity contribution in [1.82, 2.24) is 15.0 Å². The van der Waals surface area contributed by atoms with Crippen LogP contribution in [-0.2, 0) is 0 Å². The van der Waals surface area contributed by atoms with Crippen LogP contribution in [-0.4, -0.2) is 27.8 Å². The van der Waals surface area contributed by atoms with E-state index in [2.05, 4.69) is 15.0 Å². The van der Waals surface area contributed by atoms with Gasteiger partial charge in [-0.05, 0) is 30.3 Å². The number of ether oxygens (including phenoxy) is 1. The van der Waals surface area contributed by atoms with Crippen LogP contribution < -0.4 is 4.74 Å². The number of ketones is 1. The molecule has 1 aromatic carbocycles. The molecule has 5 nitrogen and oxygen atoms in total. The van der Waals surface area contributed by atoms with Crippen LogP contribution in [0.3, 0.4) is 0 Å². The summed E-state index contributed by atoms with van der Waals surface area (Å²) in [6.07, 6.45) is 6.59. The summed E-state index contributed by atoms with van der Waals surface area (Å²) in [7, 11) is 1.47. The highest BCUT2D eigenvalue weighted by Gasteiger charge is 2.22. The number of H-pyrrole nitrogens is 1. The van der Waals surface area contributed by atoms with Crippen molar-refractivity contribution in [2.45, 2.75) is 0 Å². The second-order valence-electron chi connectivity index (χ2n) is 5.70. The Balaban J connectivity index is 1.98. The van der Waals surface area contributed by atoms with Crippen molar-refractivity contribution in [3.05, 3.63) is 78.1 Å². The topological polar surface area (TPSA) is 67.9 Å². The minimum atomic E-state index is -0.603.